The van der Waals surface area contributed by atoms with E-state index in [1.165, 1.54) is 0 Å². The molecule has 0 heterocycles. The van der Waals surface area contributed by atoms with E-state index in [1.807, 2.05) is 13.8 Å². The van der Waals surface area contributed by atoms with Gasteiger partial charge in [-0.2, -0.15) is 0 Å². The van der Waals surface area contributed by atoms with E-state index in [-0.39, 0.29) is 25.4 Å². The third kappa shape index (κ3) is 8.03. The van der Waals surface area contributed by atoms with Gasteiger partial charge in [0.2, 0.25) is 0 Å². The first kappa shape index (κ1) is 16.9. The van der Waals surface area contributed by atoms with Gasteiger partial charge in [0.1, 0.15) is 0 Å². The molecule has 2 atom stereocenters. The summed E-state index contributed by atoms with van der Waals surface area (Å²) in [6, 6.07) is 0. The van der Waals surface area contributed by atoms with E-state index in [4.69, 9.17) is 18.9 Å². The Morgan fingerprint density at radius 1 is 0.833 bits per heavy atom. The summed E-state index contributed by atoms with van der Waals surface area (Å²) >= 11 is 0. The molecule has 2 unspecified atom stereocenters. The smallest absolute Gasteiger partial charge is 0.417 e. The van der Waals surface area contributed by atoms with Gasteiger partial charge < -0.3 is 18.9 Å². The summed E-state index contributed by atoms with van der Waals surface area (Å²) in [7, 11) is 3.13. The molecule has 18 heavy (non-hydrogen) atoms. The molecule has 0 aliphatic rings. The minimum atomic E-state index is -0.969. The van der Waals surface area contributed by atoms with Crippen molar-refractivity contribution < 1.29 is 28.5 Å². The lowest BCUT2D eigenvalue weighted by Gasteiger charge is -2.10. The molecule has 0 radical (unpaired) electrons. The summed E-state index contributed by atoms with van der Waals surface area (Å²) in [5, 5.41) is 0. The van der Waals surface area contributed by atoms with Crippen LogP contribution in [0.4, 0.5) is 0 Å². The predicted molar refractivity (Wildman–Crippen MR) is 64.1 cm³/mol. The maximum Gasteiger partial charge on any atom is 0.417 e. The molecule has 0 rings (SSSR count). The SMILES string of the molecule is COC(C)CCOC(=O)C(=O)OCCC(C)OC. The fourth-order valence-electron chi connectivity index (χ4n) is 0.989. The number of hydrogen-bond donors (Lipinski definition) is 0. The summed E-state index contributed by atoms with van der Waals surface area (Å²) < 4.78 is 19.4. The average Bonchev–Trinajstić information content (AvgIpc) is 2.37. The van der Waals surface area contributed by atoms with Gasteiger partial charge in [-0.1, -0.05) is 0 Å². The highest BCUT2D eigenvalue weighted by Gasteiger charge is 2.17. The van der Waals surface area contributed by atoms with Gasteiger partial charge in [0, 0.05) is 27.1 Å². The van der Waals surface area contributed by atoms with Crippen LogP contribution >= 0.6 is 0 Å². The number of esters is 2. The van der Waals surface area contributed by atoms with Gasteiger partial charge in [0.05, 0.1) is 25.4 Å². The van der Waals surface area contributed by atoms with Gasteiger partial charge >= 0.3 is 11.9 Å². The number of methoxy groups -OCH3 is 2. The molecule has 0 aliphatic heterocycles. The molecule has 0 aromatic rings. The Balaban J connectivity index is 3.67. The molecule has 0 aromatic carbocycles. The fourth-order valence-corrected chi connectivity index (χ4v) is 0.989. The van der Waals surface area contributed by atoms with Gasteiger partial charge in [-0.05, 0) is 13.8 Å². The number of carbonyl (C=O) groups excluding carboxylic acids is 2. The second-order valence-corrected chi connectivity index (χ2v) is 3.94. The normalized spacial score (nSPS) is 13.8. The Bertz CT molecular complexity index is 227. The zero-order valence-electron chi connectivity index (χ0n) is 11.4. The molecule has 0 saturated heterocycles. The number of ether oxygens (including phenoxy) is 4. The number of rotatable bonds is 8. The molecule has 6 heteroatoms. The van der Waals surface area contributed by atoms with E-state index in [9.17, 15) is 9.59 Å². The lowest BCUT2D eigenvalue weighted by Crippen LogP contribution is -2.23. The summed E-state index contributed by atoms with van der Waals surface area (Å²) in [5.41, 5.74) is 0. The van der Waals surface area contributed by atoms with Crippen LogP contribution in [0.2, 0.25) is 0 Å². The van der Waals surface area contributed by atoms with Crippen molar-refractivity contribution in [2.24, 2.45) is 0 Å². The summed E-state index contributed by atoms with van der Waals surface area (Å²) in [5.74, 6) is -1.94. The Labute approximate surface area is 108 Å². The Morgan fingerprint density at radius 2 is 1.17 bits per heavy atom. The predicted octanol–water partition coefficient (Wildman–Crippen LogP) is 0.923. The molecule has 0 amide bonds. The van der Waals surface area contributed by atoms with Crippen molar-refractivity contribution in [3.05, 3.63) is 0 Å². The Kier molecular flexibility index (Phi) is 9.22. The summed E-state index contributed by atoms with van der Waals surface area (Å²) in [6.45, 7) is 3.96. The van der Waals surface area contributed by atoms with Crippen LogP contribution in [0.25, 0.3) is 0 Å². The highest BCUT2D eigenvalue weighted by atomic mass is 16.6. The average molecular weight is 262 g/mol. The molecule has 0 N–H and O–H groups in total. The van der Waals surface area contributed by atoms with Crippen molar-refractivity contribution in [3.63, 3.8) is 0 Å². The zero-order valence-corrected chi connectivity index (χ0v) is 11.4. The fraction of sp³-hybridized carbons (Fsp3) is 0.833. The van der Waals surface area contributed by atoms with Gasteiger partial charge in [0.15, 0.2) is 0 Å². The van der Waals surface area contributed by atoms with Crippen LogP contribution in [0.15, 0.2) is 0 Å². The third-order valence-corrected chi connectivity index (χ3v) is 2.49. The molecule has 0 aliphatic carbocycles. The van der Waals surface area contributed by atoms with Gasteiger partial charge in [0.25, 0.3) is 0 Å². The van der Waals surface area contributed by atoms with Crippen molar-refractivity contribution in [2.45, 2.75) is 38.9 Å². The van der Waals surface area contributed by atoms with E-state index in [1.54, 1.807) is 14.2 Å². The minimum Gasteiger partial charge on any atom is -0.457 e. The molecule has 0 saturated carbocycles. The lowest BCUT2D eigenvalue weighted by atomic mass is 10.3. The van der Waals surface area contributed by atoms with Crippen LogP contribution in [0.1, 0.15) is 26.7 Å². The van der Waals surface area contributed by atoms with Crippen LogP contribution in [0.3, 0.4) is 0 Å². The summed E-state index contributed by atoms with van der Waals surface area (Å²) in [6.07, 6.45) is 1.04. The van der Waals surface area contributed by atoms with Crippen LogP contribution in [0, 0.1) is 0 Å². The summed E-state index contributed by atoms with van der Waals surface area (Å²) in [4.78, 5) is 22.4. The van der Waals surface area contributed by atoms with E-state index < -0.39 is 11.9 Å². The van der Waals surface area contributed by atoms with Crippen molar-refractivity contribution in [2.75, 3.05) is 27.4 Å². The van der Waals surface area contributed by atoms with Crippen LogP contribution in [-0.2, 0) is 28.5 Å². The molecular weight excluding hydrogens is 240 g/mol. The van der Waals surface area contributed by atoms with Gasteiger partial charge in [-0.25, -0.2) is 9.59 Å². The highest BCUT2D eigenvalue weighted by molar-refractivity contribution is 6.29. The van der Waals surface area contributed by atoms with Crippen molar-refractivity contribution in [3.8, 4) is 0 Å². The Morgan fingerprint density at radius 3 is 1.44 bits per heavy atom. The van der Waals surface area contributed by atoms with Crippen molar-refractivity contribution in [1.82, 2.24) is 0 Å². The number of hydrogen-bond acceptors (Lipinski definition) is 6. The first-order valence-corrected chi connectivity index (χ1v) is 5.90. The monoisotopic (exact) mass is 262 g/mol. The molecule has 0 fully saturated rings. The number of carbonyl (C=O) groups is 2. The van der Waals surface area contributed by atoms with E-state index in [0.29, 0.717) is 12.8 Å². The molecule has 0 spiro atoms. The minimum absolute atomic E-state index is 0.0172. The van der Waals surface area contributed by atoms with Crippen LogP contribution in [-0.4, -0.2) is 51.6 Å². The highest BCUT2D eigenvalue weighted by Crippen LogP contribution is 1.98. The van der Waals surface area contributed by atoms with Crippen LogP contribution < -0.4 is 0 Å². The second-order valence-electron chi connectivity index (χ2n) is 3.94. The quantitative estimate of drug-likeness (QED) is 0.478. The standard InChI is InChI=1S/C12H22O6/c1-9(15-3)5-7-17-11(13)12(14)18-8-6-10(2)16-4/h9-10H,5-8H2,1-4H3. The molecule has 0 aromatic heterocycles. The molecule has 0 bridgehead atoms. The largest absolute Gasteiger partial charge is 0.457 e. The lowest BCUT2D eigenvalue weighted by molar-refractivity contribution is -0.168. The topological polar surface area (TPSA) is 71.1 Å². The van der Waals surface area contributed by atoms with E-state index in [0.717, 1.165) is 0 Å². The van der Waals surface area contributed by atoms with Crippen LogP contribution in [0.5, 0.6) is 0 Å². The zero-order chi connectivity index (χ0) is 14.0. The van der Waals surface area contributed by atoms with Crippen molar-refractivity contribution in [1.29, 1.82) is 0 Å². The Hall–Kier alpha value is -1.14. The van der Waals surface area contributed by atoms with Gasteiger partial charge in [-0.3, -0.25) is 0 Å². The first-order valence-electron chi connectivity index (χ1n) is 5.90. The molecule has 6 nitrogen and oxygen atoms in total. The third-order valence-electron chi connectivity index (χ3n) is 2.49. The van der Waals surface area contributed by atoms with Gasteiger partial charge in [-0.15, -0.1) is 0 Å². The van der Waals surface area contributed by atoms with E-state index >= 15 is 0 Å². The van der Waals surface area contributed by atoms with E-state index in [2.05, 4.69) is 0 Å². The maximum atomic E-state index is 11.2. The first-order chi connectivity index (χ1) is 8.51. The molecular formula is C12H22O6. The molecule has 106 valence electrons. The second kappa shape index (κ2) is 9.85. The maximum absolute atomic E-state index is 11.2. The van der Waals surface area contributed by atoms with Crippen molar-refractivity contribution >= 4 is 11.9 Å².